The second-order valence-electron chi connectivity index (χ2n) is 8.01. The maximum absolute atomic E-state index is 13.8. The van der Waals surface area contributed by atoms with Crippen molar-refractivity contribution in [2.24, 2.45) is 0 Å². The van der Waals surface area contributed by atoms with Crippen LogP contribution in [-0.2, 0) is 17.6 Å². The van der Waals surface area contributed by atoms with Crippen molar-refractivity contribution in [3.8, 4) is 11.4 Å². The van der Waals surface area contributed by atoms with Gasteiger partial charge in [-0.25, -0.2) is 22.9 Å². The van der Waals surface area contributed by atoms with E-state index < -0.39 is 23.5 Å². The first-order valence-corrected chi connectivity index (χ1v) is 11.2. The summed E-state index contributed by atoms with van der Waals surface area (Å²) in [6, 6.07) is 12.1. The largest absolute Gasteiger partial charge is 0.461 e. The summed E-state index contributed by atoms with van der Waals surface area (Å²) < 4.78 is 35.2. The van der Waals surface area contributed by atoms with Crippen molar-refractivity contribution in [2.75, 3.05) is 11.9 Å². The van der Waals surface area contributed by atoms with E-state index in [0.29, 0.717) is 29.9 Å². The lowest BCUT2D eigenvalue weighted by atomic mass is 10.2. The van der Waals surface area contributed by atoms with E-state index in [2.05, 4.69) is 15.5 Å². The average Bonchev–Trinajstić information content (AvgIpc) is 3.58. The number of esters is 1. The van der Waals surface area contributed by atoms with E-state index >= 15 is 0 Å². The van der Waals surface area contributed by atoms with E-state index in [4.69, 9.17) is 4.74 Å². The summed E-state index contributed by atoms with van der Waals surface area (Å²) in [5.41, 5.74) is 3.55. The van der Waals surface area contributed by atoms with Gasteiger partial charge in [0.1, 0.15) is 0 Å². The summed E-state index contributed by atoms with van der Waals surface area (Å²) in [6.45, 7) is 1.97. The predicted octanol–water partition coefficient (Wildman–Crippen LogP) is 4.25. The van der Waals surface area contributed by atoms with Crippen LogP contribution >= 0.6 is 0 Å². The number of halogens is 2. The van der Waals surface area contributed by atoms with Gasteiger partial charge >= 0.3 is 5.97 Å². The van der Waals surface area contributed by atoms with Crippen LogP contribution in [0.25, 0.3) is 11.4 Å². The monoisotopic (exact) mass is 477 g/mol. The first kappa shape index (κ1) is 22.5. The predicted molar refractivity (Wildman–Crippen MR) is 123 cm³/mol. The number of anilines is 1. The van der Waals surface area contributed by atoms with E-state index in [0.717, 1.165) is 29.8 Å². The van der Waals surface area contributed by atoms with Crippen LogP contribution in [0, 0.1) is 11.6 Å². The van der Waals surface area contributed by atoms with Gasteiger partial charge in [0, 0.05) is 29.2 Å². The molecule has 0 spiro atoms. The van der Waals surface area contributed by atoms with E-state index in [1.54, 1.807) is 43.5 Å². The molecule has 5 rings (SSSR count). The smallest absolute Gasteiger partial charge is 0.358 e. The Bertz CT molecular complexity index is 1440. The number of aromatic nitrogens is 4. The summed E-state index contributed by atoms with van der Waals surface area (Å²) in [5, 5.41) is 11.5. The Balaban J connectivity index is 1.40. The van der Waals surface area contributed by atoms with Crippen molar-refractivity contribution in [3.05, 3.63) is 89.0 Å². The van der Waals surface area contributed by atoms with Crippen molar-refractivity contribution in [2.45, 2.75) is 26.2 Å². The number of carbonyl (C=O) groups excluding carboxylic acids is 2. The van der Waals surface area contributed by atoms with Crippen LogP contribution in [0.5, 0.6) is 0 Å². The first-order chi connectivity index (χ1) is 16.9. The normalized spacial score (nSPS) is 12.4. The number of fused-ring (bicyclic) bond motifs is 1. The van der Waals surface area contributed by atoms with E-state index in [-0.39, 0.29) is 18.0 Å². The van der Waals surface area contributed by atoms with Crippen LogP contribution in [0.15, 0.2) is 54.7 Å². The van der Waals surface area contributed by atoms with E-state index in [1.807, 2.05) is 0 Å². The van der Waals surface area contributed by atoms with Gasteiger partial charge in [-0.15, -0.1) is 0 Å². The summed E-state index contributed by atoms with van der Waals surface area (Å²) in [4.78, 5) is 25.0. The lowest BCUT2D eigenvalue weighted by Gasteiger charge is -2.08. The number of nitrogens with one attached hydrogen (secondary N) is 1. The standard InChI is InChI=1S/C25H21F2N5O3/c1-2-35-25(34)21-11-12-31(29-21)16-6-3-5-15(13-16)28-24(33)23-18-7-4-8-22(18)32(30-23)17-9-10-19(26)20(27)14-17/h3,5-6,9-14H,2,4,7-8H2,1H3,(H,28,33). The third-order valence-electron chi connectivity index (χ3n) is 5.74. The van der Waals surface area contributed by atoms with Crippen molar-refractivity contribution < 1.29 is 23.1 Å². The molecule has 0 radical (unpaired) electrons. The highest BCUT2D eigenvalue weighted by Crippen LogP contribution is 2.29. The van der Waals surface area contributed by atoms with Crippen molar-refractivity contribution in [1.29, 1.82) is 0 Å². The Kier molecular flexibility index (Phi) is 5.86. The zero-order valence-electron chi connectivity index (χ0n) is 18.8. The fraction of sp³-hybridized carbons (Fsp3) is 0.200. The Morgan fingerprint density at radius 2 is 1.89 bits per heavy atom. The van der Waals surface area contributed by atoms with E-state index in [9.17, 15) is 18.4 Å². The number of rotatable bonds is 6. The number of nitrogens with zero attached hydrogens (tertiary/aromatic N) is 4. The zero-order chi connectivity index (χ0) is 24.5. The van der Waals surface area contributed by atoms with Gasteiger partial charge in [0.25, 0.3) is 5.91 Å². The molecule has 10 heteroatoms. The minimum atomic E-state index is -0.975. The van der Waals surface area contributed by atoms with Crippen molar-refractivity contribution in [3.63, 3.8) is 0 Å². The fourth-order valence-corrected chi connectivity index (χ4v) is 4.15. The molecule has 1 aliphatic carbocycles. The SMILES string of the molecule is CCOC(=O)c1ccn(-c2cccc(NC(=O)c3nn(-c4ccc(F)c(F)c4)c4c3CCC4)c2)n1. The zero-order valence-corrected chi connectivity index (χ0v) is 18.8. The van der Waals surface area contributed by atoms with Crippen molar-refractivity contribution >= 4 is 17.6 Å². The molecule has 0 fully saturated rings. The first-order valence-electron chi connectivity index (χ1n) is 11.2. The van der Waals surface area contributed by atoms with Gasteiger partial charge in [-0.3, -0.25) is 4.79 Å². The molecule has 0 saturated heterocycles. The molecular weight excluding hydrogens is 456 g/mol. The molecule has 2 aromatic heterocycles. The molecule has 1 N–H and O–H groups in total. The number of hydrogen-bond donors (Lipinski definition) is 1. The van der Waals surface area contributed by atoms with Gasteiger partial charge in [-0.05, 0) is 62.6 Å². The van der Waals surface area contributed by atoms with Gasteiger partial charge in [0.15, 0.2) is 23.0 Å². The molecule has 8 nitrogen and oxygen atoms in total. The minimum Gasteiger partial charge on any atom is -0.461 e. The summed E-state index contributed by atoms with van der Waals surface area (Å²) in [7, 11) is 0. The van der Waals surface area contributed by atoms with Gasteiger partial charge in [0.2, 0.25) is 0 Å². The second-order valence-corrected chi connectivity index (χ2v) is 8.01. The molecular formula is C25H21F2N5O3. The third-order valence-corrected chi connectivity index (χ3v) is 5.74. The third kappa shape index (κ3) is 4.30. The minimum absolute atomic E-state index is 0.180. The number of carbonyl (C=O) groups is 2. The van der Waals surface area contributed by atoms with Crippen LogP contribution in [-0.4, -0.2) is 38.0 Å². The number of benzene rings is 2. The van der Waals surface area contributed by atoms with Crippen molar-refractivity contribution in [1.82, 2.24) is 19.6 Å². The highest BCUT2D eigenvalue weighted by atomic mass is 19.2. The lowest BCUT2D eigenvalue weighted by molar-refractivity contribution is 0.0519. The topological polar surface area (TPSA) is 91.0 Å². The molecule has 2 aromatic carbocycles. The molecule has 0 bridgehead atoms. The highest BCUT2D eigenvalue weighted by Gasteiger charge is 2.27. The number of hydrogen-bond acceptors (Lipinski definition) is 5. The Morgan fingerprint density at radius 1 is 1.03 bits per heavy atom. The quantitative estimate of drug-likeness (QED) is 0.419. The lowest BCUT2D eigenvalue weighted by Crippen LogP contribution is -2.15. The Morgan fingerprint density at radius 3 is 2.69 bits per heavy atom. The van der Waals surface area contributed by atoms with Gasteiger partial charge < -0.3 is 10.1 Å². The Hall–Kier alpha value is -4.34. The van der Waals surface area contributed by atoms with Gasteiger partial charge in [0.05, 0.1) is 18.0 Å². The van der Waals surface area contributed by atoms with Crippen LogP contribution in [0.1, 0.15) is 45.6 Å². The van der Waals surface area contributed by atoms with E-state index in [1.165, 1.54) is 15.4 Å². The average molecular weight is 477 g/mol. The molecule has 4 aromatic rings. The number of amides is 1. The fourth-order valence-electron chi connectivity index (χ4n) is 4.15. The maximum Gasteiger partial charge on any atom is 0.358 e. The molecule has 35 heavy (non-hydrogen) atoms. The number of ether oxygens (including phenoxy) is 1. The van der Waals surface area contributed by atoms with Gasteiger partial charge in [-0.1, -0.05) is 6.07 Å². The molecule has 178 valence electrons. The molecule has 1 aliphatic rings. The maximum atomic E-state index is 13.8. The molecule has 0 atom stereocenters. The second kappa shape index (κ2) is 9.13. The van der Waals surface area contributed by atoms with Gasteiger partial charge in [-0.2, -0.15) is 10.2 Å². The molecule has 1 amide bonds. The summed E-state index contributed by atoms with van der Waals surface area (Å²) >= 11 is 0. The van der Waals surface area contributed by atoms with Crippen LogP contribution in [0.2, 0.25) is 0 Å². The summed E-state index contributed by atoms with van der Waals surface area (Å²) in [5.74, 6) is -2.84. The molecule has 2 heterocycles. The van der Waals surface area contributed by atoms with Crippen LogP contribution in [0.3, 0.4) is 0 Å². The van der Waals surface area contributed by atoms with Crippen LogP contribution < -0.4 is 5.32 Å². The molecule has 0 saturated carbocycles. The summed E-state index contributed by atoms with van der Waals surface area (Å²) in [6.07, 6.45) is 3.83. The Labute approximate surface area is 199 Å². The van der Waals surface area contributed by atoms with Crippen LogP contribution in [0.4, 0.5) is 14.5 Å². The molecule has 0 aliphatic heterocycles. The highest BCUT2D eigenvalue weighted by molar-refractivity contribution is 6.04. The molecule has 0 unspecified atom stereocenters.